The standard InChI is InChI=1S/C8H8F3NO3S2/c1-16(13)12(7-5-3-2-4-6-7)17(14,15)8(9,10)11/h2-6H,1H3. The summed E-state index contributed by atoms with van der Waals surface area (Å²) in [6.07, 6.45) is 0.857. The third-order valence-electron chi connectivity index (χ3n) is 1.71. The van der Waals surface area contributed by atoms with Gasteiger partial charge in [0.15, 0.2) is 0 Å². The molecule has 0 aromatic heterocycles. The zero-order chi connectivity index (χ0) is 13.3. The van der Waals surface area contributed by atoms with Crippen molar-refractivity contribution in [3.8, 4) is 0 Å². The fourth-order valence-electron chi connectivity index (χ4n) is 1.07. The monoisotopic (exact) mass is 287 g/mol. The Balaban J connectivity index is 3.36. The van der Waals surface area contributed by atoms with Gasteiger partial charge < -0.3 is 0 Å². The van der Waals surface area contributed by atoms with Crippen molar-refractivity contribution in [1.82, 2.24) is 0 Å². The van der Waals surface area contributed by atoms with Crippen LogP contribution in [0.2, 0.25) is 0 Å². The molecule has 1 atom stereocenters. The summed E-state index contributed by atoms with van der Waals surface area (Å²) in [5.74, 6) is 0. The largest absolute Gasteiger partial charge is 0.517 e. The molecule has 0 N–H and O–H groups in total. The van der Waals surface area contributed by atoms with Crippen molar-refractivity contribution in [3.05, 3.63) is 30.3 Å². The number of nitrogens with zero attached hydrogens (tertiary/aromatic N) is 1. The third kappa shape index (κ3) is 2.78. The van der Waals surface area contributed by atoms with Crippen molar-refractivity contribution in [1.29, 1.82) is 0 Å². The smallest absolute Gasteiger partial charge is 0.236 e. The van der Waals surface area contributed by atoms with E-state index in [0.29, 0.717) is 0 Å². The first kappa shape index (κ1) is 14.0. The van der Waals surface area contributed by atoms with Crippen molar-refractivity contribution < 1.29 is 25.8 Å². The number of para-hydroxylation sites is 1. The minimum Gasteiger partial charge on any atom is -0.236 e. The van der Waals surface area contributed by atoms with E-state index in [0.717, 1.165) is 18.4 Å². The van der Waals surface area contributed by atoms with Crippen LogP contribution in [0, 0.1) is 0 Å². The lowest BCUT2D eigenvalue weighted by molar-refractivity contribution is -0.0433. The Bertz CT molecular complexity index is 513. The molecule has 96 valence electrons. The highest BCUT2D eigenvalue weighted by Crippen LogP contribution is 2.31. The fraction of sp³-hybridized carbons (Fsp3) is 0.250. The van der Waals surface area contributed by atoms with Gasteiger partial charge in [-0.25, -0.2) is 4.21 Å². The molecule has 1 aromatic rings. The van der Waals surface area contributed by atoms with Gasteiger partial charge in [0.05, 0.1) is 5.69 Å². The molecule has 0 fully saturated rings. The van der Waals surface area contributed by atoms with Crippen molar-refractivity contribution in [3.63, 3.8) is 0 Å². The minimum atomic E-state index is -5.66. The van der Waals surface area contributed by atoms with Crippen molar-refractivity contribution in [2.75, 3.05) is 9.97 Å². The van der Waals surface area contributed by atoms with Gasteiger partial charge in [0.2, 0.25) is 0 Å². The Morgan fingerprint density at radius 3 is 2.00 bits per heavy atom. The van der Waals surface area contributed by atoms with E-state index in [1.807, 2.05) is 0 Å². The highest BCUT2D eigenvalue weighted by atomic mass is 32.3. The van der Waals surface area contributed by atoms with Gasteiger partial charge in [0, 0.05) is 6.26 Å². The number of sulfonamides is 1. The molecule has 1 unspecified atom stereocenters. The van der Waals surface area contributed by atoms with E-state index in [9.17, 15) is 25.8 Å². The van der Waals surface area contributed by atoms with Crippen LogP contribution in [0.5, 0.6) is 0 Å². The molecule has 0 amide bonds. The topological polar surface area (TPSA) is 54.5 Å². The molecule has 0 bridgehead atoms. The molecular weight excluding hydrogens is 279 g/mol. The lowest BCUT2D eigenvalue weighted by atomic mass is 10.3. The molecule has 0 aliphatic rings. The van der Waals surface area contributed by atoms with E-state index in [1.54, 1.807) is 0 Å². The Morgan fingerprint density at radius 1 is 1.18 bits per heavy atom. The maximum Gasteiger partial charge on any atom is 0.517 e. The summed E-state index contributed by atoms with van der Waals surface area (Å²) >= 11 is 0. The van der Waals surface area contributed by atoms with Crippen LogP contribution in [0.1, 0.15) is 0 Å². The van der Waals surface area contributed by atoms with E-state index in [1.165, 1.54) is 18.2 Å². The molecule has 17 heavy (non-hydrogen) atoms. The van der Waals surface area contributed by atoms with Crippen molar-refractivity contribution >= 4 is 26.7 Å². The molecule has 1 aromatic carbocycles. The Kier molecular flexibility index (Phi) is 3.82. The molecule has 0 radical (unpaired) electrons. The van der Waals surface area contributed by atoms with Crippen LogP contribution >= 0.6 is 0 Å². The SMILES string of the molecule is CS(=O)N(c1ccccc1)S(=O)(=O)C(F)(F)F. The quantitative estimate of drug-likeness (QED) is 0.849. The molecular formula is C8H8F3NO3S2. The second kappa shape index (κ2) is 4.65. The van der Waals surface area contributed by atoms with Gasteiger partial charge in [-0.1, -0.05) is 18.2 Å². The van der Waals surface area contributed by atoms with Crippen LogP contribution in [0.4, 0.5) is 18.9 Å². The van der Waals surface area contributed by atoms with Gasteiger partial charge in [0.1, 0.15) is 11.0 Å². The zero-order valence-corrected chi connectivity index (χ0v) is 10.1. The maximum absolute atomic E-state index is 12.4. The summed E-state index contributed by atoms with van der Waals surface area (Å²) in [6, 6.07) is 6.46. The predicted molar refractivity (Wildman–Crippen MR) is 58.0 cm³/mol. The number of benzene rings is 1. The number of alkyl halides is 3. The third-order valence-corrected chi connectivity index (χ3v) is 4.84. The number of halogens is 3. The fourth-order valence-corrected chi connectivity index (χ4v) is 3.43. The lowest BCUT2D eigenvalue weighted by Crippen LogP contribution is -2.41. The summed E-state index contributed by atoms with van der Waals surface area (Å²) in [5.41, 5.74) is -5.79. The van der Waals surface area contributed by atoms with Crippen LogP contribution < -0.4 is 3.71 Å². The highest BCUT2D eigenvalue weighted by Gasteiger charge is 2.51. The van der Waals surface area contributed by atoms with Crippen molar-refractivity contribution in [2.24, 2.45) is 0 Å². The molecule has 0 spiro atoms. The average Bonchev–Trinajstić information content (AvgIpc) is 2.16. The second-order valence-electron chi connectivity index (χ2n) is 2.94. The zero-order valence-electron chi connectivity index (χ0n) is 8.51. The van der Waals surface area contributed by atoms with Gasteiger partial charge in [0.25, 0.3) is 0 Å². The van der Waals surface area contributed by atoms with E-state index < -0.39 is 26.5 Å². The lowest BCUT2D eigenvalue weighted by Gasteiger charge is -2.22. The molecule has 0 heterocycles. The molecule has 1 rings (SSSR count). The van der Waals surface area contributed by atoms with Crippen LogP contribution in [0.15, 0.2) is 30.3 Å². The van der Waals surface area contributed by atoms with E-state index in [-0.39, 0.29) is 9.40 Å². The van der Waals surface area contributed by atoms with Crippen LogP contribution in [0.3, 0.4) is 0 Å². The number of hydrogen-bond acceptors (Lipinski definition) is 3. The molecule has 4 nitrogen and oxygen atoms in total. The molecule has 0 saturated carbocycles. The summed E-state index contributed by atoms with van der Waals surface area (Å²) in [6.45, 7) is 0. The second-order valence-corrected chi connectivity index (χ2v) is 6.16. The molecule has 0 aliphatic heterocycles. The first-order valence-electron chi connectivity index (χ1n) is 4.18. The maximum atomic E-state index is 12.4. The van der Waals surface area contributed by atoms with Gasteiger partial charge in [-0.15, -0.1) is 0 Å². The summed E-state index contributed by atoms with van der Waals surface area (Å²) in [4.78, 5) is 0. The van der Waals surface area contributed by atoms with E-state index in [2.05, 4.69) is 0 Å². The molecule has 9 heteroatoms. The van der Waals surface area contributed by atoms with E-state index >= 15 is 0 Å². The Hall–Kier alpha value is -1.09. The van der Waals surface area contributed by atoms with Crippen LogP contribution in [-0.4, -0.2) is 24.4 Å². The Labute approximate surface area is 98.7 Å². The van der Waals surface area contributed by atoms with Gasteiger partial charge >= 0.3 is 15.5 Å². The number of anilines is 1. The van der Waals surface area contributed by atoms with Crippen molar-refractivity contribution in [2.45, 2.75) is 5.51 Å². The normalized spacial score (nSPS) is 14.4. The molecule has 0 saturated heterocycles. The van der Waals surface area contributed by atoms with E-state index in [4.69, 9.17) is 0 Å². The summed E-state index contributed by atoms with van der Waals surface area (Å²) in [5, 5.41) is 0. The minimum absolute atomic E-state index is 0.160. The highest BCUT2D eigenvalue weighted by molar-refractivity contribution is 8.07. The number of rotatable bonds is 3. The summed E-state index contributed by atoms with van der Waals surface area (Å²) < 4.78 is 70.5. The first-order chi connectivity index (χ1) is 7.68. The van der Waals surface area contributed by atoms with Gasteiger partial charge in [-0.3, -0.25) is 0 Å². The predicted octanol–water partition coefficient (Wildman–Crippen LogP) is 1.64. The summed E-state index contributed by atoms with van der Waals surface area (Å²) in [7, 11) is -8.00. The first-order valence-corrected chi connectivity index (χ1v) is 7.13. The van der Waals surface area contributed by atoms with Gasteiger partial charge in [-0.2, -0.15) is 25.3 Å². The van der Waals surface area contributed by atoms with Gasteiger partial charge in [-0.05, 0) is 12.1 Å². The van der Waals surface area contributed by atoms with Crippen LogP contribution in [-0.2, 0) is 21.0 Å². The molecule has 0 aliphatic carbocycles. The number of hydrogen-bond donors (Lipinski definition) is 0. The van der Waals surface area contributed by atoms with Crippen LogP contribution in [0.25, 0.3) is 0 Å². The average molecular weight is 287 g/mol. The Morgan fingerprint density at radius 2 is 1.65 bits per heavy atom.